The highest BCUT2D eigenvalue weighted by Gasteiger charge is 2.33. The fourth-order valence-corrected chi connectivity index (χ4v) is 7.94. The van der Waals surface area contributed by atoms with Gasteiger partial charge in [-0.15, -0.1) is 0 Å². The second-order valence-electron chi connectivity index (χ2n) is 16.2. The molecule has 1 atom stereocenters. The quantitative estimate of drug-likeness (QED) is 0.0338. The van der Waals surface area contributed by atoms with Crippen molar-refractivity contribution in [3.63, 3.8) is 0 Å². The number of anilines is 3. The average Bonchev–Trinajstić information content (AvgIpc) is 3.61. The van der Waals surface area contributed by atoms with Crippen molar-refractivity contribution in [1.82, 2.24) is 30.8 Å². The molecule has 366 valence electrons. The smallest absolute Gasteiger partial charge is 0.254 e. The minimum Gasteiger partial charge on any atom is -0.379 e. The van der Waals surface area contributed by atoms with Crippen LogP contribution in [0.5, 0.6) is 0 Å². The number of carbonyl (C=O) groups excluding carboxylic acids is 5. The minimum atomic E-state index is -0.739. The van der Waals surface area contributed by atoms with Crippen LogP contribution >= 0.6 is 11.6 Å². The molecule has 2 aliphatic heterocycles. The largest absolute Gasteiger partial charge is 0.379 e. The van der Waals surface area contributed by atoms with Crippen LogP contribution in [-0.2, 0) is 41.7 Å². The number of benzene rings is 4. The molecular weight excluding hydrogens is 928 g/mol. The van der Waals surface area contributed by atoms with Crippen LogP contribution in [0, 0.1) is 11.6 Å². The van der Waals surface area contributed by atoms with E-state index < -0.39 is 17.5 Å². The first kappa shape index (κ1) is 50.8. The van der Waals surface area contributed by atoms with E-state index in [2.05, 4.69) is 36.6 Å². The molecule has 5 amide bonds. The van der Waals surface area contributed by atoms with E-state index in [4.69, 9.17) is 30.8 Å². The maximum absolute atomic E-state index is 14.9. The lowest BCUT2D eigenvalue weighted by molar-refractivity contribution is -0.125. The molecule has 5 N–H and O–H groups in total. The summed E-state index contributed by atoms with van der Waals surface area (Å²) in [7, 11) is 0. The van der Waals surface area contributed by atoms with Crippen LogP contribution < -0.4 is 26.6 Å². The van der Waals surface area contributed by atoms with Gasteiger partial charge in [0.2, 0.25) is 24.2 Å². The lowest BCUT2D eigenvalue weighted by Gasteiger charge is -2.24. The molecule has 17 nitrogen and oxygen atoms in total. The molecule has 5 aromatic rings. The number of aliphatic imine (C=N–C) groups is 1. The zero-order valence-corrected chi connectivity index (χ0v) is 39.1. The predicted molar refractivity (Wildman–Crippen MR) is 258 cm³/mol. The van der Waals surface area contributed by atoms with Gasteiger partial charge in [-0.05, 0) is 74.0 Å². The van der Waals surface area contributed by atoms with Crippen LogP contribution in [0.3, 0.4) is 0 Å². The Morgan fingerprint density at radius 3 is 2.31 bits per heavy atom. The number of halogens is 3. The van der Waals surface area contributed by atoms with Crippen LogP contribution in [0.4, 0.5) is 26.1 Å². The van der Waals surface area contributed by atoms with Crippen LogP contribution in [-0.4, -0.2) is 116 Å². The number of nitrogens with one attached hydrogen (secondary N) is 5. The van der Waals surface area contributed by atoms with Gasteiger partial charge in [-0.1, -0.05) is 29.8 Å². The molecule has 0 fully saturated rings. The Balaban J connectivity index is 0.724. The number of hydrogen-bond acceptors (Lipinski definition) is 13. The predicted octanol–water partition coefficient (Wildman–Crippen LogP) is 5.96. The maximum Gasteiger partial charge on any atom is 0.254 e. The van der Waals surface area contributed by atoms with Crippen LogP contribution in [0.1, 0.15) is 69.2 Å². The summed E-state index contributed by atoms with van der Waals surface area (Å²) in [6, 6.07) is 20.5. The van der Waals surface area contributed by atoms with E-state index in [1.165, 1.54) is 18.2 Å². The number of hydrogen-bond donors (Lipinski definition) is 5. The van der Waals surface area contributed by atoms with Gasteiger partial charge in [0, 0.05) is 94.6 Å². The van der Waals surface area contributed by atoms with Gasteiger partial charge in [-0.3, -0.25) is 34.3 Å². The number of ether oxygens (including phenoxy) is 3. The van der Waals surface area contributed by atoms with Gasteiger partial charge >= 0.3 is 0 Å². The first-order valence-electron chi connectivity index (χ1n) is 22.7. The Hall–Kier alpha value is -7.03. The number of imide groups is 1. The highest BCUT2D eigenvalue weighted by atomic mass is 35.5. The summed E-state index contributed by atoms with van der Waals surface area (Å²) in [5, 5.41) is 14.6. The molecule has 70 heavy (non-hydrogen) atoms. The molecule has 4 aromatic carbocycles. The molecule has 0 aliphatic carbocycles. The highest BCUT2D eigenvalue weighted by Crippen LogP contribution is 2.35. The van der Waals surface area contributed by atoms with Gasteiger partial charge in [-0.25, -0.2) is 18.7 Å². The second-order valence-corrected chi connectivity index (χ2v) is 16.6. The van der Waals surface area contributed by atoms with Crippen LogP contribution in [0.2, 0.25) is 5.02 Å². The summed E-state index contributed by atoms with van der Waals surface area (Å²) in [6.45, 7) is 5.77. The molecule has 0 saturated carbocycles. The van der Waals surface area contributed by atoms with Gasteiger partial charge in [0.1, 0.15) is 11.6 Å². The fourth-order valence-electron chi connectivity index (χ4n) is 7.77. The summed E-state index contributed by atoms with van der Waals surface area (Å²) < 4.78 is 46.5. The van der Waals surface area contributed by atoms with Crippen molar-refractivity contribution in [2.45, 2.75) is 45.3 Å². The van der Waals surface area contributed by atoms with E-state index in [9.17, 15) is 32.8 Å². The highest BCUT2D eigenvalue weighted by molar-refractivity contribution is 6.31. The third-order valence-electron chi connectivity index (χ3n) is 11.4. The number of nitrogens with zero attached hydrogens (tertiary/aromatic N) is 4. The van der Waals surface area contributed by atoms with Gasteiger partial charge in [0.15, 0.2) is 0 Å². The Labute approximate surface area is 407 Å². The van der Waals surface area contributed by atoms with E-state index in [1.807, 2.05) is 6.92 Å². The van der Waals surface area contributed by atoms with Gasteiger partial charge in [0.05, 0.1) is 69.6 Å². The van der Waals surface area contributed by atoms with Gasteiger partial charge in [-0.2, -0.15) is 0 Å². The number of amides is 5. The lowest BCUT2D eigenvalue weighted by Crippen LogP contribution is -2.34. The Kier molecular flexibility index (Phi) is 18.2. The molecule has 7 rings (SSSR count). The Morgan fingerprint density at radius 1 is 0.829 bits per heavy atom. The molecule has 1 aromatic heterocycles. The minimum absolute atomic E-state index is 0.0897. The third kappa shape index (κ3) is 13.4. The van der Waals surface area contributed by atoms with Crippen molar-refractivity contribution in [2.75, 3.05) is 69.9 Å². The molecule has 0 radical (unpaired) electrons. The van der Waals surface area contributed by atoms with Gasteiger partial charge in [0.25, 0.3) is 11.8 Å². The van der Waals surface area contributed by atoms with Crippen molar-refractivity contribution in [1.29, 1.82) is 0 Å². The molecule has 20 heteroatoms. The van der Waals surface area contributed by atoms with E-state index in [1.54, 1.807) is 71.8 Å². The van der Waals surface area contributed by atoms with E-state index in [0.717, 1.165) is 0 Å². The van der Waals surface area contributed by atoms with Crippen molar-refractivity contribution >= 4 is 64.7 Å². The fraction of sp³-hybridized carbons (Fsp3) is 0.320. The zero-order valence-electron chi connectivity index (χ0n) is 38.3. The first-order valence-corrected chi connectivity index (χ1v) is 23.1. The molecule has 0 spiro atoms. The topological polar surface area (TPSA) is 215 Å². The standard InChI is InChI=1S/C50H52ClF2N9O8/c1-31(8-15-43(64)58-30-63)62-29-39-37(49(62)67)4-2-7-42(39)60-44(65)16-20-68-22-24-70-25-23-69-21-19-54-17-18-55-48(66)32-9-12-35(13-10-32)59-50-57-28-33-27-56-47(45-40(52)5-3-6-41(45)53)38-26-34(51)11-14-36(38)46(33)61-50/h2-7,9-14,26,28,30-31,54H,8,15-25,27,29H2,1H3,(H,55,66)(H,60,65)(H,57,59,61)(H,58,63,64). The molecule has 1 unspecified atom stereocenters. The third-order valence-corrected chi connectivity index (χ3v) is 11.6. The van der Waals surface area contributed by atoms with Crippen molar-refractivity contribution in [3.8, 4) is 11.3 Å². The first-order chi connectivity index (χ1) is 34.0. The van der Waals surface area contributed by atoms with E-state index in [-0.39, 0.29) is 67.0 Å². The number of aromatic nitrogens is 2. The summed E-state index contributed by atoms with van der Waals surface area (Å²) in [6.07, 6.45) is 2.56. The molecule has 0 bridgehead atoms. The van der Waals surface area contributed by atoms with Crippen molar-refractivity contribution < 1.29 is 47.0 Å². The Bertz CT molecular complexity index is 2710. The maximum atomic E-state index is 14.9. The van der Waals surface area contributed by atoms with Crippen LogP contribution in [0.15, 0.2) is 90.1 Å². The summed E-state index contributed by atoms with van der Waals surface area (Å²) in [5.41, 5.74) is 5.00. The normalized spacial score (nSPS) is 13.1. The molecule has 0 saturated heterocycles. The number of fused-ring (bicyclic) bond motifs is 4. The molecular formula is C50H52ClF2N9O8. The summed E-state index contributed by atoms with van der Waals surface area (Å²) >= 11 is 6.34. The SMILES string of the molecule is CC(CCC(=O)NC=O)N1Cc2c(NC(=O)CCOCCOCCOCCNCCNC(=O)c3ccc(Nc4ncc5c(n4)-c4ccc(Cl)cc4C(c4c(F)cccc4F)=NC5)cc3)cccc2C1=O. The second kappa shape index (κ2) is 25.0. The monoisotopic (exact) mass is 979 g/mol. The molecule has 2 aliphatic rings. The zero-order chi connectivity index (χ0) is 49.4. The van der Waals surface area contributed by atoms with E-state index >= 15 is 0 Å². The van der Waals surface area contributed by atoms with Gasteiger partial charge < -0.3 is 40.4 Å². The Morgan fingerprint density at radius 2 is 1.56 bits per heavy atom. The molecule has 3 heterocycles. The number of rotatable bonds is 25. The summed E-state index contributed by atoms with van der Waals surface area (Å²) in [5.74, 6) is -2.28. The average molecular weight is 980 g/mol. The van der Waals surface area contributed by atoms with Crippen molar-refractivity contribution in [2.24, 2.45) is 4.99 Å². The number of carbonyl (C=O) groups is 5. The van der Waals surface area contributed by atoms with E-state index in [0.29, 0.717) is 128 Å². The summed E-state index contributed by atoms with van der Waals surface area (Å²) in [4.78, 5) is 76.1. The van der Waals surface area contributed by atoms with Crippen LogP contribution in [0.25, 0.3) is 11.3 Å². The lowest BCUT2D eigenvalue weighted by atomic mass is 9.95. The van der Waals surface area contributed by atoms with Crippen molar-refractivity contribution in [3.05, 3.63) is 135 Å².